The molecule has 0 aliphatic rings. The average molecular weight is 327 g/mol. The van der Waals surface area contributed by atoms with E-state index < -0.39 is 0 Å². The molecule has 0 aromatic heterocycles. The molecule has 0 N–H and O–H groups in total. The van der Waals surface area contributed by atoms with Crippen molar-refractivity contribution >= 4 is 45.8 Å². The van der Waals surface area contributed by atoms with Gasteiger partial charge in [-0.3, -0.25) is 0 Å². The van der Waals surface area contributed by atoms with Crippen LogP contribution in [0.3, 0.4) is 0 Å². The van der Waals surface area contributed by atoms with E-state index >= 15 is 0 Å². The summed E-state index contributed by atoms with van der Waals surface area (Å²) in [5, 5.41) is 0. The summed E-state index contributed by atoms with van der Waals surface area (Å²) in [6.45, 7) is 0. The Morgan fingerprint density at radius 2 is 1.20 bits per heavy atom. The van der Waals surface area contributed by atoms with Crippen molar-refractivity contribution in [2.24, 2.45) is 0 Å². The summed E-state index contributed by atoms with van der Waals surface area (Å²) in [7, 11) is 12.6. The molecule has 0 heterocycles. The fourth-order valence-corrected chi connectivity index (χ4v) is 0. The van der Waals surface area contributed by atoms with Crippen molar-refractivity contribution in [1.29, 1.82) is 0 Å². The van der Waals surface area contributed by atoms with Crippen molar-refractivity contribution in [1.82, 2.24) is 0 Å². The van der Waals surface area contributed by atoms with E-state index in [0.717, 1.165) is 0 Å². The van der Waals surface area contributed by atoms with Crippen molar-refractivity contribution in [2.75, 3.05) is 0 Å². The van der Waals surface area contributed by atoms with Gasteiger partial charge in [0.2, 0.25) is 0 Å². The molecule has 0 fully saturated rings. The van der Waals surface area contributed by atoms with E-state index in [0.29, 0.717) is 0 Å². The van der Waals surface area contributed by atoms with Crippen LogP contribution in [0.5, 0.6) is 0 Å². The van der Waals surface area contributed by atoms with Gasteiger partial charge in [-0.05, 0) is 0 Å². The molecule has 0 aliphatic carbocycles. The SMILES string of the molecule is S=[Te]=S.[S]=[Rh]. The van der Waals surface area contributed by atoms with Crippen molar-refractivity contribution in [3.8, 4) is 0 Å². The first kappa shape index (κ1) is 10.1. The molecule has 0 unspecified atom stereocenters. The molecule has 0 amide bonds. The van der Waals surface area contributed by atoms with Crippen LogP contribution in [0.25, 0.3) is 0 Å². The van der Waals surface area contributed by atoms with Gasteiger partial charge in [-0.1, -0.05) is 0 Å². The van der Waals surface area contributed by atoms with Gasteiger partial charge in [-0.25, -0.2) is 0 Å². The molecule has 33 valence electrons. The Bertz CT molecular complexity index is 36.2. The second kappa shape index (κ2) is 16.6. The first-order chi connectivity index (χ1) is 2.41. The minimum atomic E-state index is -0.363. The maximum absolute atomic E-state index is 4.34. The number of hydrogen-bond donors (Lipinski definition) is 0. The molecule has 5 heavy (non-hydrogen) atoms. The predicted molar refractivity (Wildman–Crippen MR) is 28.5 cm³/mol. The summed E-state index contributed by atoms with van der Waals surface area (Å²) in [6, 6.07) is 0. The van der Waals surface area contributed by atoms with Gasteiger partial charge in [0.1, 0.15) is 0 Å². The molecule has 0 nitrogen and oxygen atoms in total. The summed E-state index contributed by atoms with van der Waals surface area (Å²) in [4.78, 5) is 0. The molecule has 0 rings (SSSR count). The third-order valence-corrected chi connectivity index (χ3v) is 0. The van der Waals surface area contributed by atoms with Crippen LogP contribution in [0.2, 0.25) is 0 Å². The van der Waals surface area contributed by atoms with Crippen molar-refractivity contribution in [2.45, 2.75) is 0 Å². The quantitative estimate of drug-likeness (QED) is 0.620. The zero-order chi connectivity index (χ0) is 4.71. The molecular weight excluding hydrogens is 327 g/mol. The molecule has 0 atom stereocenters. The second-order valence-corrected chi connectivity index (χ2v) is 4.11. The number of hydrogen-bond acceptors (Lipinski definition) is 3. The summed E-state index contributed by atoms with van der Waals surface area (Å²) < 4.78 is 0. The maximum atomic E-state index is 4.34. The number of rotatable bonds is 0. The third-order valence-electron chi connectivity index (χ3n) is 0. The van der Waals surface area contributed by atoms with Crippen molar-refractivity contribution in [3.05, 3.63) is 0 Å². The third kappa shape index (κ3) is 23.4. The fourth-order valence-electron chi connectivity index (χ4n) is 0. The predicted octanol–water partition coefficient (Wildman–Crippen LogP) is 1.56. The van der Waals surface area contributed by atoms with Crippen LogP contribution >= 0.6 is 28.8 Å². The average Bonchev–Trinajstić information content (AvgIpc) is 1.46. The van der Waals surface area contributed by atoms with Gasteiger partial charge in [-0.15, -0.1) is 0 Å². The van der Waals surface area contributed by atoms with Crippen molar-refractivity contribution < 1.29 is 16.6 Å². The molecule has 5 heteroatoms. The molecular formula is RhS3Te. The van der Waals surface area contributed by atoms with E-state index in [4.69, 9.17) is 0 Å². The summed E-state index contributed by atoms with van der Waals surface area (Å²) in [5.41, 5.74) is 0. The topological polar surface area (TPSA) is 0 Å². The van der Waals surface area contributed by atoms with Crippen LogP contribution < -0.4 is 0 Å². The van der Waals surface area contributed by atoms with Gasteiger partial charge in [0.25, 0.3) is 0 Å². The fraction of sp³-hybridized carbons (Fsp3) is 0. The van der Waals surface area contributed by atoms with Gasteiger partial charge in [0, 0.05) is 0 Å². The Labute approximate surface area is 61.4 Å². The van der Waals surface area contributed by atoms with E-state index in [1.165, 1.54) is 0 Å². The normalized spacial score (nSPS) is 3.40. The molecule has 0 saturated heterocycles. The minimum absolute atomic E-state index is 0.363. The molecule has 0 aliphatic heterocycles. The molecule has 0 spiro atoms. The first-order valence-corrected chi connectivity index (χ1v) is 9.12. The van der Waals surface area contributed by atoms with Crippen LogP contribution in [-0.4, -0.2) is 17.1 Å². The molecule has 0 saturated carbocycles. The first-order valence-electron chi connectivity index (χ1n) is 0.469. The Morgan fingerprint density at radius 3 is 1.20 bits per heavy atom. The standard InChI is InChI=1S/Rh.S2Te.S/c;1-3-2;. The van der Waals surface area contributed by atoms with E-state index in [9.17, 15) is 0 Å². The Balaban J connectivity index is 0. The summed E-state index contributed by atoms with van der Waals surface area (Å²) in [6.07, 6.45) is 0. The van der Waals surface area contributed by atoms with Crippen LogP contribution in [0.15, 0.2) is 0 Å². The van der Waals surface area contributed by atoms with Crippen LogP contribution in [0.4, 0.5) is 0 Å². The van der Waals surface area contributed by atoms with E-state index in [2.05, 4.69) is 45.3 Å². The second-order valence-electron chi connectivity index (χ2n) is 0.0680. The molecule has 0 bridgehead atoms. The van der Waals surface area contributed by atoms with E-state index in [-0.39, 0.29) is 17.1 Å². The van der Waals surface area contributed by atoms with Gasteiger partial charge < -0.3 is 0 Å². The summed E-state index contributed by atoms with van der Waals surface area (Å²) in [5.74, 6) is 0. The molecule has 0 aromatic carbocycles. The van der Waals surface area contributed by atoms with Crippen LogP contribution in [0.1, 0.15) is 0 Å². The van der Waals surface area contributed by atoms with Crippen LogP contribution in [0, 0.1) is 0 Å². The van der Waals surface area contributed by atoms with Gasteiger partial charge in [0.15, 0.2) is 0 Å². The van der Waals surface area contributed by atoms with E-state index in [1.807, 2.05) is 0 Å². The van der Waals surface area contributed by atoms with Crippen LogP contribution in [-0.2, 0) is 16.6 Å². The van der Waals surface area contributed by atoms with Crippen molar-refractivity contribution in [3.63, 3.8) is 0 Å². The Kier molecular flexibility index (Phi) is 33.6. The summed E-state index contributed by atoms with van der Waals surface area (Å²) >= 11 is 1.77. The van der Waals surface area contributed by atoms with Gasteiger partial charge in [-0.2, -0.15) is 0 Å². The zero-order valence-corrected chi connectivity index (χ0v) is 8.38. The zero-order valence-electron chi connectivity index (χ0n) is 1.97. The monoisotopic (exact) mass is 329 g/mol. The van der Waals surface area contributed by atoms with E-state index in [1.54, 1.807) is 0 Å². The van der Waals surface area contributed by atoms with Gasteiger partial charge >= 0.3 is 62.4 Å². The van der Waals surface area contributed by atoms with Gasteiger partial charge in [0.05, 0.1) is 0 Å². The Morgan fingerprint density at radius 1 is 1.20 bits per heavy atom. The molecule has 0 aromatic rings. The molecule has 0 radical (unpaired) electrons. The Hall–Kier alpha value is 2.07.